The highest BCUT2D eigenvalue weighted by Gasteiger charge is 2.40. The number of carbonyl (C=O) groups excluding carboxylic acids is 2. The number of benzene rings is 1. The minimum Gasteiger partial charge on any atom is -0.469 e. The molecular formula is C32H44N2O4S. The second-order valence-electron chi connectivity index (χ2n) is 13.3. The molecule has 1 aromatic carbocycles. The summed E-state index contributed by atoms with van der Waals surface area (Å²) in [5.41, 5.74) is 5.05. The summed E-state index contributed by atoms with van der Waals surface area (Å²) in [5.74, 6) is -0.530. The van der Waals surface area contributed by atoms with Gasteiger partial charge in [0.05, 0.1) is 29.4 Å². The Morgan fingerprint density at radius 1 is 1.08 bits per heavy atom. The maximum Gasteiger partial charge on any atom is 0.308 e. The zero-order valence-corrected chi connectivity index (χ0v) is 25.2. The van der Waals surface area contributed by atoms with E-state index in [2.05, 4.69) is 55.8 Å². The largest absolute Gasteiger partial charge is 0.469 e. The Labute approximate surface area is 235 Å². The summed E-state index contributed by atoms with van der Waals surface area (Å²) < 4.78 is 21.1. The highest BCUT2D eigenvalue weighted by Crippen LogP contribution is 2.49. The summed E-state index contributed by atoms with van der Waals surface area (Å²) in [5, 5.41) is 3.98. The molecule has 1 heterocycles. The summed E-state index contributed by atoms with van der Waals surface area (Å²) in [6.07, 6.45) is 10.8. The van der Waals surface area contributed by atoms with Crippen molar-refractivity contribution in [2.24, 2.45) is 5.92 Å². The van der Waals surface area contributed by atoms with Crippen molar-refractivity contribution in [1.29, 1.82) is 0 Å². The first-order valence-corrected chi connectivity index (χ1v) is 15.8. The number of nitrogens with zero attached hydrogens (tertiary/aromatic N) is 1. The molecule has 7 heteroatoms. The van der Waals surface area contributed by atoms with Gasteiger partial charge in [0.1, 0.15) is 5.03 Å². The van der Waals surface area contributed by atoms with Crippen molar-refractivity contribution in [1.82, 2.24) is 9.88 Å². The van der Waals surface area contributed by atoms with Crippen molar-refractivity contribution in [3.63, 3.8) is 0 Å². The van der Waals surface area contributed by atoms with E-state index < -0.39 is 10.8 Å². The fourth-order valence-electron chi connectivity index (χ4n) is 6.05. The van der Waals surface area contributed by atoms with E-state index >= 15 is 0 Å². The summed E-state index contributed by atoms with van der Waals surface area (Å²) in [7, 11) is 0.180. The molecule has 6 nitrogen and oxygen atoms in total. The SMILES string of the molecule is COC(=O)C1CC(NC(=O)c2cn(-c3cc(C(C)(C)C)cc(C4(C)CC4)c3)c(S(=O)C3CCCCC3)c2C)C1. The summed E-state index contributed by atoms with van der Waals surface area (Å²) in [6.45, 7) is 10.9. The molecule has 3 aliphatic carbocycles. The van der Waals surface area contributed by atoms with Gasteiger partial charge in [-0.25, -0.2) is 0 Å². The van der Waals surface area contributed by atoms with E-state index in [9.17, 15) is 13.8 Å². The number of ether oxygens (including phenoxy) is 1. The van der Waals surface area contributed by atoms with Gasteiger partial charge in [-0.1, -0.05) is 53.0 Å². The molecular weight excluding hydrogens is 508 g/mol. The van der Waals surface area contributed by atoms with Crippen LogP contribution in [0.5, 0.6) is 0 Å². The van der Waals surface area contributed by atoms with Crippen LogP contribution in [0.3, 0.4) is 0 Å². The van der Waals surface area contributed by atoms with Crippen molar-refractivity contribution in [2.45, 2.75) is 120 Å². The lowest BCUT2D eigenvalue weighted by molar-refractivity contribution is -0.149. The number of nitrogens with one attached hydrogen (secondary N) is 1. The quantitative estimate of drug-likeness (QED) is 0.412. The second kappa shape index (κ2) is 10.5. The Hall–Kier alpha value is -2.41. The number of carbonyl (C=O) groups is 2. The number of hydrogen-bond acceptors (Lipinski definition) is 4. The minimum atomic E-state index is -1.22. The molecule has 0 radical (unpaired) electrons. The van der Waals surface area contributed by atoms with Gasteiger partial charge in [-0.05, 0) is 85.1 Å². The lowest BCUT2D eigenvalue weighted by atomic mass is 9.80. The number of methoxy groups -OCH3 is 1. The molecule has 1 atom stereocenters. The van der Waals surface area contributed by atoms with Crippen LogP contribution in [0.25, 0.3) is 5.69 Å². The van der Waals surface area contributed by atoms with Crippen LogP contribution in [0.1, 0.15) is 113 Å². The standard InChI is InChI=1S/C32H44N2O4S/c1-20-27(28(35)33-24-14-21(15-24)30(36)38-6)19-34(29(20)39(37)26-10-8-7-9-11-26)25-17-22(31(2,3)4)16-23(18-25)32(5)12-13-32/h16-19,21,24,26H,7-15H2,1-6H3,(H,33,35). The lowest BCUT2D eigenvalue weighted by Crippen LogP contribution is -2.47. The average Bonchev–Trinajstić information content (AvgIpc) is 3.55. The van der Waals surface area contributed by atoms with Crippen LogP contribution >= 0.6 is 0 Å². The van der Waals surface area contributed by atoms with Crippen molar-refractivity contribution in [3.8, 4) is 5.69 Å². The summed E-state index contributed by atoms with van der Waals surface area (Å²) >= 11 is 0. The Morgan fingerprint density at radius 2 is 1.74 bits per heavy atom. The highest BCUT2D eigenvalue weighted by molar-refractivity contribution is 7.85. The van der Waals surface area contributed by atoms with Crippen LogP contribution in [0.4, 0.5) is 0 Å². The summed E-state index contributed by atoms with van der Waals surface area (Å²) in [4.78, 5) is 25.3. The zero-order valence-electron chi connectivity index (χ0n) is 24.4. The van der Waals surface area contributed by atoms with Gasteiger partial charge in [0.15, 0.2) is 0 Å². The maximum absolute atomic E-state index is 14.2. The van der Waals surface area contributed by atoms with Crippen LogP contribution in [0.15, 0.2) is 29.4 Å². The van der Waals surface area contributed by atoms with E-state index in [1.54, 1.807) is 0 Å². The smallest absolute Gasteiger partial charge is 0.308 e. The van der Waals surface area contributed by atoms with E-state index in [0.29, 0.717) is 18.4 Å². The van der Waals surface area contributed by atoms with E-state index in [1.807, 2.05) is 13.1 Å². The molecule has 3 fully saturated rings. The van der Waals surface area contributed by atoms with Gasteiger partial charge in [-0.15, -0.1) is 0 Å². The molecule has 3 saturated carbocycles. The van der Waals surface area contributed by atoms with Gasteiger partial charge in [-0.2, -0.15) is 0 Å². The average molecular weight is 553 g/mol. The molecule has 1 aromatic heterocycles. The third-order valence-electron chi connectivity index (χ3n) is 9.26. The Bertz CT molecular complexity index is 1260. The number of aromatic nitrogens is 1. The lowest BCUT2D eigenvalue weighted by Gasteiger charge is -2.33. The Kier molecular flexibility index (Phi) is 7.60. The first kappa shape index (κ1) is 28.1. The first-order valence-electron chi connectivity index (χ1n) is 14.6. The van der Waals surface area contributed by atoms with Crippen LogP contribution in [0.2, 0.25) is 0 Å². The van der Waals surface area contributed by atoms with Crippen LogP contribution in [-0.4, -0.2) is 39.1 Å². The number of esters is 1. The molecule has 3 aliphatic rings. The predicted octanol–water partition coefficient (Wildman–Crippen LogP) is 6.26. The van der Waals surface area contributed by atoms with Crippen molar-refractivity contribution in [3.05, 3.63) is 46.6 Å². The van der Waals surface area contributed by atoms with Crippen LogP contribution < -0.4 is 5.32 Å². The molecule has 212 valence electrons. The number of hydrogen-bond donors (Lipinski definition) is 1. The second-order valence-corrected chi connectivity index (χ2v) is 15.0. The predicted molar refractivity (Wildman–Crippen MR) is 155 cm³/mol. The van der Waals surface area contributed by atoms with Gasteiger partial charge in [0.25, 0.3) is 5.91 Å². The van der Waals surface area contributed by atoms with Gasteiger partial charge < -0.3 is 14.6 Å². The topological polar surface area (TPSA) is 77.4 Å². The fourth-order valence-corrected chi connectivity index (χ4v) is 7.89. The van der Waals surface area contributed by atoms with Crippen molar-refractivity contribution >= 4 is 22.7 Å². The molecule has 0 saturated heterocycles. The molecule has 39 heavy (non-hydrogen) atoms. The van der Waals surface area contributed by atoms with E-state index in [1.165, 1.54) is 37.5 Å². The Morgan fingerprint density at radius 3 is 2.33 bits per heavy atom. The van der Waals surface area contributed by atoms with E-state index in [0.717, 1.165) is 42.0 Å². The Balaban J connectivity index is 1.54. The molecule has 0 aliphatic heterocycles. The van der Waals surface area contributed by atoms with Gasteiger partial charge in [-0.3, -0.25) is 13.8 Å². The fraction of sp³-hybridized carbons (Fsp3) is 0.625. The normalized spacial score (nSPS) is 23.5. The molecule has 5 rings (SSSR count). The van der Waals surface area contributed by atoms with Crippen LogP contribution in [-0.2, 0) is 31.2 Å². The van der Waals surface area contributed by atoms with E-state index in [-0.39, 0.29) is 39.9 Å². The molecule has 1 amide bonds. The molecule has 1 unspecified atom stereocenters. The van der Waals surface area contributed by atoms with E-state index in [4.69, 9.17) is 4.74 Å². The maximum atomic E-state index is 14.2. The number of amides is 1. The molecule has 1 N–H and O–H groups in total. The number of rotatable bonds is 7. The molecule has 2 aromatic rings. The highest BCUT2D eigenvalue weighted by atomic mass is 32.2. The van der Waals surface area contributed by atoms with Crippen molar-refractivity contribution in [2.75, 3.05) is 7.11 Å². The van der Waals surface area contributed by atoms with Crippen molar-refractivity contribution < 1.29 is 18.5 Å². The molecule has 0 bridgehead atoms. The minimum absolute atomic E-state index is 0.0402. The van der Waals surface area contributed by atoms with Gasteiger partial charge >= 0.3 is 5.97 Å². The van der Waals surface area contributed by atoms with Gasteiger partial charge in [0.2, 0.25) is 0 Å². The molecule has 0 spiro atoms. The van der Waals surface area contributed by atoms with Gasteiger partial charge in [0, 0.05) is 23.2 Å². The monoisotopic (exact) mass is 552 g/mol. The van der Waals surface area contributed by atoms with Crippen LogP contribution in [0, 0.1) is 12.8 Å². The first-order chi connectivity index (χ1) is 18.4. The third kappa shape index (κ3) is 5.61. The summed E-state index contributed by atoms with van der Waals surface area (Å²) in [6, 6.07) is 6.75. The third-order valence-corrected chi connectivity index (χ3v) is 11.2. The zero-order chi connectivity index (χ0) is 28.1.